The molecule has 102 valence electrons. The number of nitrogens with zero attached hydrogens (tertiary/aromatic N) is 1. The van der Waals surface area contributed by atoms with E-state index in [1.165, 1.54) is 0 Å². The van der Waals surface area contributed by atoms with Gasteiger partial charge >= 0.3 is 7.12 Å². The molecule has 1 aromatic carbocycles. The van der Waals surface area contributed by atoms with Gasteiger partial charge in [-0.05, 0) is 17.6 Å². The van der Waals surface area contributed by atoms with Gasteiger partial charge in [0.1, 0.15) is 5.75 Å². The quantitative estimate of drug-likeness (QED) is 0.655. The lowest BCUT2D eigenvalue weighted by molar-refractivity contribution is -0.137. The summed E-state index contributed by atoms with van der Waals surface area (Å²) in [5, 5.41) is 17.9. The van der Waals surface area contributed by atoms with Gasteiger partial charge in [-0.25, -0.2) is 0 Å². The lowest BCUT2D eigenvalue weighted by atomic mass is 9.80. The van der Waals surface area contributed by atoms with E-state index < -0.39 is 7.12 Å². The molecule has 2 rings (SSSR count). The van der Waals surface area contributed by atoms with Crippen molar-refractivity contribution in [3.63, 3.8) is 0 Å². The fraction of sp³-hybridized carbons (Fsp3) is 0.417. The minimum atomic E-state index is -1.50. The maximum atomic E-state index is 11.8. The summed E-state index contributed by atoms with van der Waals surface area (Å²) in [7, 11) is -1.50. The van der Waals surface area contributed by atoms with Crippen molar-refractivity contribution in [2.75, 3.05) is 32.9 Å². The standard InChI is InChI=1S/C12H16BNO5/c15-12(14-5-7-18-8-6-14)9-19-11-3-1-10(2-4-11)13(16)17/h1-4,16-17H,5-9H2. The van der Waals surface area contributed by atoms with Crippen molar-refractivity contribution in [1.82, 2.24) is 4.90 Å². The van der Waals surface area contributed by atoms with Crippen molar-refractivity contribution < 1.29 is 24.3 Å². The van der Waals surface area contributed by atoms with Crippen LogP contribution in [0.25, 0.3) is 0 Å². The van der Waals surface area contributed by atoms with Gasteiger partial charge in [0.2, 0.25) is 0 Å². The van der Waals surface area contributed by atoms with E-state index in [2.05, 4.69) is 0 Å². The van der Waals surface area contributed by atoms with Gasteiger partial charge in [-0.3, -0.25) is 4.79 Å². The van der Waals surface area contributed by atoms with Gasteiger partial charge in [-0.1, -0.05) is 12.1 Å². The van der Waals surface area contributed by atoms with Gasteiger partial charge in [-0.2, -0.15) is 0 Å². The van der Waals surface area contributed by atoms with E-state index >= 15 is 0 Å². The molecule has 0 atom stereocenters. The lowest BCUT2D eigenvalue weighted by Gasteiger charge is -2.26. The van der Waals surface area contributed by atoms with E-state index in [1.54, 1.807) is 29.2 Å². The molecule has 1 aromatic rings. The Kier molecular flexibility index (Phi) is 4.78. The topological polar surface area (TPSA) is 79.2 Å². The van der Waals surface area contributed by atoms with Crippen molar-refractivity contribution in [3.8, 4) is 5.75 Å². The minimum Gasteiger partial charge on any atom is -0.484 e. The van der Waals surface area contributed by atoms with Gasteiger partial charge in [0, 0.05) is 13.1 Å². The molecule has 0 bridgehead atoms. The third kappa shape index (κ3) is 3.95. The predicted molar refractivity (Wildman–Crippen MR) is 69.2 cm³/mol. The molecule has 19 heavy (non-hydrogen) atoms. The monoisotopic (exact) mass is 265 g/mol. The number of hydrogen-bond donors (Lipinski definition) is 2. The molecule has 7 heteroatoms. The molecule has 0 spiro atoms. The molecule has 0 saturated carbocycles. The molecule has 0 aliphatic carbocycles. The summed E-state index contributed by atoms with van der Waals surface area (Å²) in [5.41, 5.74) is 0.381. The Hall–Kier alpha value is -1.57. The molecule has 0 unspecified atom stereocenters. The average Bonchev–Trinajstić information content (AvgIpc) is 2.46. The van der Waals surface area contributed by atoms with Crippen LogP contribution in [-0.4, -0.2) is 60.9 Å². The Labute approximate surface area is 111 Å². The first-order valence-corrected chi connectivity index (χ1v) is 6.11. The molecule has 1 aliphatic heterocycles. The Morgan fingerprint density at radius 1 is 1.26 bits per heavy atom. The van der Waals surface area contributed by atoms with E-state index in [1.807, 2.05) is 0 Å². The SMILES string of the molecule is O=C(COc1ccc(B(O)O)cc1)N1CCOCC1. The summed E-state index contributed by atoms with van der Waals surface area (Å²) in [5.74, 6) is 0.445. The zero-order valence-corrected chi connectivity index (χ0v) is 10.5. The Balaban J connectivity index is 1.82. The second kappa shape index (κ2) is 6.56. The fourth-order valence-corrected chi connectivity index (χ4v) is 1.79. The Morgan fingerprint density at radius 2 is 1.89 bits per heavy atom. The molecule has 1 amide bonds. The van der Waals surface area contributed by atoms with E-state index in [9.17, 15) is 4.79 Å². The van der Waals surface area contributed by atoms with E-state index in [0.717, 1.165) is 0 Å². The highest BCUT2D eigenvalue weighted by atomic mass is 16.5. The third-order valence-electron chi connectivity index (χ3n) is 2.90. The normalized spacial score (nSPS) is 15.2. The van der Waals surface area contributed by atoms with Crippen LogP contribution in [0.3, 0.4) is 0 Å². The van der Waals surface area contributed by atoms with Crippen molar-refractivity contribution in [3.05, 3.63) is 24.3 Å². The van der Waals surface area contributed by atoms with Gasteiger partial charge in [0.15, 0.2) is 6.61 Å². The number of benzene rings is 1. The van der Waals surface area contributed by atoms with Gasteiger partial charge in [0.25, 0.3) is 5.91 Å². The Bertz CT molecular complexity index is 417. The summed E-state index contributed by atoms with van der Waals surface area (Å²) in [4.78, 5) is 13.5. The fourth-order valence-electron chi connectivity index (χ4n) is 1.79. The maximum Gasteiger partial charge on any atom is 0.488 e. The number of amides is 1. The number of morpholine rings is 1. The van der Waals surface area contributed by atoms with Crippen LogP contribution in [0.4, 0.5) is 0 Å². The van der Waals surface area contributed by atoms with Gasteiger partial charge < -0.3 is 24.4 Å². The zero-order valence-electron chi connectivity index (χ0n) is 10.5. The van der Waals surface area contributed by atoms with Crippen LogP contribution in [0, 0.1) is 0 Å². The van der Waals surface area contributed by atoms with Crippen LogP contribution in [-0.2, 0) is 9.53 Å². The maximum absolute atomic E-state index is 11.8. The van der Waals surface area contributed by atoms with Crippen LogP contribution in [0.5, 0.6) is 5.75 Å². The van der Waals surface area contributed by atoms with Crippen LogP contribution < -0.4 is 10.2 Å². The largest absolute Gasteiger partial charge is 0.488 e. The smallest absolute Gasteiger partial charge is 0.484 e. The van der Waals surface area contributed by atoms with Gasteiger partial charge in [0.05, 0.1) is 13.2 Å². The molecule has 6 nitrogen and oxygen atoms in total. The van der Waals surface area contributed by atoms with Gasteiger partial charge in [-0.15, -0.1) is 0 Å². The summed E-state index contributed by atoms with van der Waals surface area (Å²) in [6, 6.07) is 6.28. The van der Waals surface area contributed by atoms with Crippen LogP contribution in [0.2, 0.25) is 0 Å². The lowest BCUT2D eigenvalue weighted by Crippen LogP contribution is -2.43. The number of rotatable bonds is 4. The summed E-state index contributed by atoms with van der Waals surface area (Å²) in [6.45, 7) is 2.29. The van der Waals surface area contributed by atoms with Crippen LogP contribution in [0.15, 0.2) is 24.3 Å². The highest BCUT2D eigenvalue weighted by Gasteiger charge is 2.17. The summed E-state index contributed by atoms with van der Waals surface area (Å²) >= 11 is 0. The zero-order chi connectivity index (χ0) is 13.7. The molecular weight excluding hydrogens is 249 g/mol. The molecule has 1 fully saturated rings. The number of hydrogen-bond acceptors (Lipinski definition) is 5. The molecule has 1 heterocycles. The van der Waals surface area contributed by atoms with Crippen LogP contribution >= 0.6 is 0 Å². The third-order valence-corrected chi connectivity index (χ3v) is 2.90. The summed E-state index contributed by atoms with van der Waals surface area (Å²) < 4.78 is 10.5. The first kappa shape index (κ1) is 13.9. The van der Waals surface area contributed by atoms with Crippen molar-refractivity contribution in [2.45, 2.75) is 0 Å². The summed E-state index contributed by atoms with van der Waals surface area (Å²) in [6.07, 6.45) is 0. The number of carbonyl (C=O) groups excluding carboxylic acids is 1. The van der Waals surface area contributed by atoms with Crippen LogP contribution in [0.1, 0.15) is 0 Å². The highest BCUT2D eigenvalue weighted by Crippen LogP contribution is 2.08. The number of ether oxygens (including phenoxy) is 2. The highest BCUT2D eigenvalue weighted by molar-refractivity contribution is 6.58. The van der Waals surface area contributed by atoms with Crippen molar-refractivity contribution in [1.29, 1.82) is 0 Å². The second-order valence-corrected chi connectivity index (χ2v) is 4.22. The molecule has 2 N–H and O–H groups in total. The number of carbonyl (C=O) groups is 1. The average molecular weight is 265 g/mol. The first-order valence-electron chi connectivity index (χ1n) is 6.11. The first-order chi connectivity index (χ1) is 9.16. The van der Waals surface area contributed by atoms with E-state index in [0.29, 0.717) is 37.5 Å². The van der Waals surface area contributed by atoms with Crippen molar-refractivity contribution >= 4 is 18.5 Å². The molecule has 1 aliphatic rings. The van der Waals surface area contributed by atoms with Crippen molar-refractivity contribution in [2.24, 2.45) is 0 Å². The van der Waals surface area contributed by atoms with E-state index in [4.69, 9.17) is 19.5 Å². The second-order valence-electron chi connectivity index (χ2n) is 4.22. The van der Waals surface area contributed by atoms with E-state index in [-0.39, 0.29) is 12.5 Å². The molecular formula is C12H16BNO5. The minimum absolute atomic E-state index is 0.0268. The molecule has 1 saturated heterocycles. The Morgan fingerprint density at radius 3 is 2.47 bits per heavy atom. The molecule has 0 radical (unpaired) electrons. The predicted octanol–water partition coefficient (Wildman–Crippen LogP) is -1.40. The molecule has 0 aromatic heterocycles.